The first-order valence-corrected chi connectivity index (χ1v) is 4.79. The second kappa shape index (κ2) is 2.76. The fourth-order valence-corrected chi connectivity index (χ4v) is 1.76. The van der Waals surface area contributed by atoms with Crippen molar-refractivity contribution < 1.29 is 0 Å². The topological polar surface area (TPSA) is 43.6 Å². The van der Waals surface area contributed by atoms with Crippen LogP contribution in [0.3, 0.4) is 0 Å². The first-order valence-electron chi connectivity index (χ1n) is 4.79. The molecule has 4 nitrogen and oxygen atoms in total. The van der Waals surface area contributed by atoms with Gasteiger partial charge in [-0.1, -0.05) is 0 Å². The highest BCUT2D eigenvalue weighted by molar-refractivity contribution is 5.99. The molecule has 0 radical (unpaired) electrons. The molecular formula is C11H10N4. The van der Waals surface area contributed by atoms with Gasteiger partial charge in [0.25, 0.3) is 0 Å². The van der Waals surface area contributed by atoms with E-state index in [-0.39, 0.29) is 0 Å². The van der Waals surface area contributed by atoms with Crippen LogP contribution in [0.2, 0.25) is 0 Å². The van der Waals surface area contributed by atoms with Crippen molar-refractivity contribution in [1.29, 1.82) is 0 Å². The molecule has 1 aromatic carbocycles. The Morgan fingerprint density at radius 1 is 1.13 bits per heavy atom. The van der Waals surface area contributed by atoms with Gasteiger partial charge in [-0.15, -0.1) is 0 Å². The molecule has 0 N–H and O–H groups in total. The first kappa shape index (κ1) is 8.35. The Morgan fingerprint density at radius 3 is 2.87 bits per heavy atom. The second-order valence-electron chi connectivity index (χ2n) is 3.67. The summed E-state index contributed by atoms with van der Waals surface area (Å²) in [6, 6.07) is 4.00. The number of rotatable bonds is 0. The Bertz CT molecular complexity index is 654. The van der Waals surface area contributed by atoms with E-state index < -0.39 is 0 Å². The molecule has 2 aromatic heterocycles. The smallest absolute Gasteiger partial charge is 0.117 e. The minimum absolute atomic E-state index is 0.883. The van der Waals surface area contributed by atoms with Crippen molar-refractivity contribution in [3.8, 4) is 0 Å². The number of benzene rings is 1. The quantitative estimate of drug-likeness (QED) is 0.553. The number of aryl methyl sites for hydroxylation is 2. The summed E-state index contributed by atoms with van der Waals surface area (Å²) in [6.45, 7) is 1.94. The molecule has 0 unspecified atom stereocenters. The van der Waals surface area contributed by atoms with Gasteiger partial charge in [0.1, 0.15) is 11.0 Å². The molecule has 0 bridgehead atoms. The van der Waals surface area contributed by atoms with Crippen molar-refractivity contribution >= 4 is 22.1 Å². The summed E-state index contributed by atoms with van der Waals surface area (Å²) in [7, 11) is 1.98. The fraction of sp³-hybridized carbons (Fsp3) is 0.182. The maximum atomic E-state index is 4.48. The molecule has 3 aromatic rings. The summed E-state index contributed by atoms with van der Waals surface area (Å²) in [5.74, 6) is 0. The molecule has 0 aliphatic carbocycles. The summed E-state index contributed by atoms with van der Waals surface area (Å²) >= 11 is 0. The van der Waals surface area contributed by atoms with Crippen molar-refractivity contribution in [1.82, 2.24) is 19.5 Å². The van der Waals surface area contributed by atoms with Crippen LogP contribution >= 0.6 is 0 Å². The van der Waals surface area contributed by atoms with Crippen molar-refractivity contribution in [2.45, 2.75) is 6.92 Å². The van der Waals surface area contributed by atoms with E-state index in [1.165, 1.54) is 0 Å². The Kier molecular flexibility index (Phi) is 1.54. The van der Waals surface area contributed by atoms with Crippen LogP contribution in [0.5, 0.6) is 0 Å². The average molecular weight is 198 g/mol. The molecule has 0 amide bonds. The molecule has 4 heteroatoms. The van der Waals surface area contributed by atoms with Crippen LogP contribution in [0, 0.1) is 6.92 Å². The maximum absolute atomic E-state index is 4.48. The van der Waals surface area contributed by atoms with Gasteiger partial charge in [-0.05, 0) is 19.1 Å². The van der Waals surface area contributed by atoms with E-state index in [0.717, 1.165) is 27.8 Å². The third-order valence-corrected chi connectivity index (χ3v) is 2.53. The van der Waals surface area contributed by atoms with Crippen LogP contribution in [0.15, 0.2) is 24.7 Å². The van der Waals surface area contributed by atoms with E-state index in [4.69, 9.17) is 0 Å². The summed E-state index contributed by atoms with van der Waals surface area (Å²) in [5, 5.41) is 0. The lowest BCUT2D eigenvalue weighted by molar-refractivity contribution is 0.948. The maximum Gasteiger partial charge on any atom is 0.117 e. The molecule has 2 heterocycles. The highest BCUT2D eigenvalue weighted by Gasteiger charge is 2.06. The number of imidazole rings is 1. The molecule has 0 saturated carbocycles. The van der Waals surface area contributed by atoms with Crippen LogP contribution in [0.4, 0.5) is 0 Å². The predicted molar refractivity (Wildman–Crippen MR) is 58.5 cm³/mol. The zero-order valence-corrected chi connectivity index (χ0v) is 8.60. The molecule has 0 atom stereocenters. The standard InChI is InChI=1S/C11H10N4/c1-7-5-12-8-3-4-9-11(10(8)14-7)13-6-15(9)2/h3-6H,1-2H3. The Labute approximate surface area is 86.6 Å². The summed E-state index contributed by atoms with van der Waals surface area (Å²) in [5.41, 5.74) is 4.70. The van der Waals surface area contributed by atoms with Gasteiger partial charge in [-0.3, -0.25) is 4.98 Å². The van der Waals surface area contributed by atoms with Gasteiger partial charge >= 0.3 is 0 Å². The lowest BCUT2D eigenvalue weighted by atomic mass is 10.2. The monoisotopic (exact) mass is 198 g/mol. The van der Waals surface area contributed by atoms with E-state index in [9.17, 15) is 0 Å². The largest absolute Gasteiger partial charge is 0.334 e. The number of fused-ring (bicyclic) bond motifs is 3. The van der Waals surface area contributed by atoms with Crippen LogP contribution in [-0.2, 0) is 7.05 Å². The molecule has 3 rings (SSSR count). The minimum Gasteiger partial charge on any atom is -0.334 e. The predicted octanol–water partition coefficient (Wildman–Crippen LogP) is 1.82. The number of nitrogens with zero attached hydrogens (tertiary/aromatic N) is 4. The van der Waals surface area contributed by atoms with Crippen LogP contribution in [0.25, 0.3) is 22.1 Å². The van der Waals surface area contributed by atoms with E-state index in [0.29, 0.717) is 0 Å². The Balaban J connectivity index is 2.57. The van der Waals surface area contributed by atoms with E-state index in [1.807, 2.05) is 30.7 Å². The van der Waals surface area contributed by atoms with Crippen LogP contribution < -0.4 is 0 Å². The van der Waals surface area contributed by atoms with Gasteiger partial charge in [0, 0.05) is 13.2 Å². The van der Waals surface area contributed by atoms with E-state index in [2.05, 4.69) is 15.0 Å². The molecule has 0 aliphatic heterocycles. The number of aromatic nitrogens is 4. The molecule has 0 saturated heterocycles. The minimum atomic E-state index is 0.883. The molecular weight excluding hydrogens is 188 g/mol. The zero-order chi connectivity index (χ0) is 10.4. The van der Waals surface area contributed by atoms with Crippen molar-refractivity contribution in [3.05, 3.63) is 30.4 Å². The van der Waals surface area contributed by atoms with Crippen molar-refractivity contribution in [2.75, 3.05) is 0 Å². The number of hydrogen-bond acceptors (Lipinski definition) is 3. The summed E-state index contributed by atoms with van der Waals surface area (Å²) in [6.07, 6.45) is 3.57. The summed E-state index contributed by atoms with van der Waals surface area (Å²) in [4.78, 5) is 13.2. The molecule has 15 heavy (non-hydrogen) atoms. The van der Waals surface area contributed by atoms with Crippen LogP contribution in [0.1, 0.15) is 5.69 Å². The lowest BCUT2D eigenvalue weighted by Gasteiger charge is -1.99. The zero-order valence-electron chi connectivity index (χ0n) is 8.60. The van der Waals surface area contributed by atoms with Gasteiger partial charge in [-0.25, -0.2) is 9.97 Å². The molecule has 74 valence electrons. The van der Waals surface area contributed by atoms with E-state index >= 15 is 0 Å². The average Bonchev–Trinajstić information content (AvgIpc) is 2.61. The van der Waals surface area contributed by atoms with Crippen molar-refractivity contribution in [2.24, 2.45) is 7.05 Å². The Hall–Kier alpha value is -1.97. The van der Waals surface area contributed by atoms with Gasteiger partial charge in [-0.2, -0.15) is 0 Å². The third kappa shape index (κ3) is 1.11. The van der Waals surface area contributed by atoms with Gasteiger partial charge in [0.2, 0.25) is 0 Å². The molecule has 0 fully saturated rings. The lowest BCUT2D eigenvalue weighted by Crippen LogP contribution is -1.89. The normalized spacial score (nSPS) is 11.3. The highest BCUT2D eigenvalue weighted by atomic mass is 15.0. The third-order valence-electron chi connectivity index (χ3n) is 2.53. The molecule has 0 aliphatic rings. The first-order chi connectivity index (χ1) is 7.25. The SMILES string of the molecule is Cc1cnc2ccc3c(ncn3C)c2n1. The Morgan fingerprint density at radius 2 is 2.00 bits per heavy atom. The fourth-order valence-electron chi connectivity index (χ4n) is 1.76. The highest BCUT2D eigenvalue weighted by Crippen LogP contribution is 2.20. The van der Waals surface area contributed by atoms with Crippen molar-refractivity contribution in [3.63, 3.8) is 0 Å². The van der Waals surface area contributed by atoms with Gasteiger partial charge < -0.3 is 4.57 Å². The molecule has 0 spiro atoms. The van der Waals surface area contributed by atoms with Crippen LogP contribution in [-0.4, -0.2) is 19.5 Å². The van der Waals surface area contributed by atoms with Gasteiger partial charge in [0.05, 0.1) is 23.1 Å². The number of hydrogen-bond donors (Lipinski definition) is 0. The summed E-state index contributed by atoms with van der Waals surface area (Å²) < 4.78 is 1.98. The van der Waals surface area contributed by atoms with E-state index in [1.54, 1.807) is 12.5 Å². The van der Waals surface area contributed by atoms with Gasteiger partial charge in [0.15, 0.2) is 0 Å². The second-order valence-corrected chi connectivity index (χ2v) is 3.67.